The molecule has 0 radical (unpaired) electrons. The summed E-state index contributed by atoms with van der Waals surface area (Å²) in [6, 6.07) is 2.18. The van der Waals surface area contributed by atoms with Crippen molar-refractivity contribution in [2.24, 2.45) is 0 Å². The molecule has 9 heteroatoms. The average Bonchev–Trinajstić information content (AvgIpc) is 2.33. The molecule has 2 N–H and O–H groups in total. The first-order valence-electron chi connectivity index (χ1n) is 4.85. The van der Waals surface area contributed by atoms with Crippen molar-refractivity contribution in [3.05, 3.63) is 35.1 Å². The fourth-order valence-corrected chi connectivity index (χ4v) is 2.08. The predicted octanol–water partition coefficient (Wildman–Crippen LogP) is 3.28. The monoisotopic (exact) mass is 306 g/mol. The van der Waals surface area contributed by atoms with E-state index in [4.69, 9.17) is 17.3 Å². The largest absolute Gasteiger partial charge is 0.417 e. The number of rotatable bonds is 2. The lowest BCUT2D eigenvalue weighted by Crippen LogP contribution is -2.05. The van der Waals surface area contributed by atoms with Gasteiger partial charge >= 0.3 is 6.18 Å². The second kappa shape index (κ2) is 5.22. The minimum atomic E-state index is -4.41. The molecule has 0 spiro atoms. The van der Waals surface area contributed by atoms with Crippen LogP contribution in [-0.4, -0.2) is 15.0 Å². The van der Waals surface area contributed by atoms with E-state index < -0.39 is 11.7 Å². The molecule has 2 aromatic rings. The van der Waals surface area contributed by atoms with Gasteiger partial charge in [-0.15, -0.1) is 0 Å². The molecule has 0 fully saturated rings. The third-order valence-corrected chi connectivity index (χ3v) is 3.34. The van der Waals surface area contributed by atoms with E-state index in [2.05, 4.69) is 15.0 Å². The topological polar surface area (TPSA) is 64.7 Å². The molecular weight excluding hydrogens is 301 g/mol. The molecule has 0 aliphatic rings. The van der Waals surface area contributed by atoms with Gasteiger partial charge in [-0.2, -0.15) is 13.2 Å². The maximum absolute atomic E-state index is 12.4. The van der Waals surface area contributed by atoms with Crippen LogP contribution in [0.15, 0.2) is 34.6 Å². The summed E-state index contributed by atoms with van der Waals surface area (Å²) in [6.45, 7) is 0. The molecule has 0 atom stereocenters. The number of halogens is 4. The Kier molecular flexibility index (Phi) is 3.81. The molecule has 0 saturated heterocycles. The van der Waals surface area contributed by atoms with Crippen molar-refractivity contribution in [1.82, 2.24) is 15.0 Å². The maximum Gasteiger partial charge on any atom is 0.417 e. The fourth-order valence-electron chi connectivity index (χ4n) is 1.14. The third kappa shape index (κ3) is 3.48. The summed E-state index contributed by atoms with van der Waals surface area (Å²) in [5, 5.41) is 0.912. The number of alkyl halides is 3. The minimum Gasteiger partial charge on any atom is -0.368 e. The van der Waals surface area contributed by atoms with Gasteiger partial charge in [-0.05, 0) is 23.9 Å². The van der Waals surface area contributed by atoms with E-state index in [1.54, 1.807) is 0 Å². The number of aromatic nitrogens is 3. The van der Waals surface area contributed by atoms with Crippen molar-refractivity contribution >= 4 is 29.3 Å². The molecule has 0 unspecified atom stereocenters. The first-order valence-corrected chi connectivity index (χ1v) is 6.05. The third-order valence-electron chi connectivity index (χ3n) is 2.00. The Hall–Kier alpha value is -1.54. The van der Waals surface area contributed by atoms with E-state index in [0.717, 1.165) is 24.0 Å². The fraction of sp³-hybridized carbons (Fsp3) is 0.100. The lowest BCUT2D eigenvalue weighted by atomic mass is 10.3. The Labute approximate surface area is 115 Å². The summed E-state index contributed by atoms with van der Waals surface area (Å²) in [5.74, 6) is 0.0267. The van der Waals surface area contributed by atoms with Crippen LogP contribution in [-0.2, 0) is 6.18 Å². The van der Waals surface area contributed by atoms with Gasteiger partial charge in [-0.3, -0.25) is 0 Å². The summed E-state index contributed by atoms with van der Waals surface area (Å²) in [5.41, 5.74) is 4.58. The second-order valence-corrected chi connectivity index (χ2v) is 4.78. The molecule has 0 bridgehead atoms. The van der Waals surface area contributed by atoms with Gasteiger partial charge in [0.15, 0.2) is 0 Å². The molecule has 0 aliphatic carbocycles. The molecule has 4 nitrogen and oxygen atoms in total. The molecule has 0 amide bonds. The van der Waals surface area contributed by atoms with E-state index in [0.29, 0.717) is 10.1 Å². The maximum atomic E-state index is 12.4. The van der Waals surface area contributed by atoms with Crippen LogP contribution in [0.3, 0.4) is 0 Å². The highest BCUT2D eigenvalue weighted by atomic mass is 35.5. The molecule has 19 heavy (non-hydrogen) atoms. The van der Waals surface area contributed by atoms with E-state index in [9.17, 15) is 13.2 Å². The van der Waals surface area contributed by atoms with Crippen LogP contribution in [0.2, 0.25) is 5.02 Å². The molecule has 2 rings (SSSR count). The Morgan fingerprint density at radius 3 is 2.47 bits per heavy atom. The molecule has 2 heterocycles. The molecule has 0 saturated carbocycles. The predicted molar refractivity (Wildman–Crippen MR) is 64.8 cm³/mol. The van der Waals surface area contributed by atoms with E-state index >= 15 is 0 Å². The highest BCUT2D eigenvalue weighted by Gasteiger charge is 2.30. The molecule has 2 aromatic heterocycles. The molecule has 0 aromatic carbocycles. The Morgan fingerprint density at radius 2 is 1.89 bits per heavy atom. The number of nitrogens with two attached hydrogens (primary N) is 1. The van der Waals surface area contributed by atoms with Crippen molar-refractivity contribution < 1.29 is 13.2 Å². The second-order valence-electron chi connectivity index (χ2n) is 3.37. The van der Waals surface area contributed by atoms with Gasteiger partial charge in [0.1, 0.15) is 10.1 Å². The van der Waals surface area contributed by atoms with Gasteiger partial charge in [0, 0.05) is 6.20 Å². The standard InChI is InChI=1S/C10H6ClF3N4S/c11-6-4-17-9(15)18-8(6)19-7-2-1-5(3-16-7)10(12,13)14/h1-4H,(H2,15,17,18). The Morgan fingerprint density at radius 1 is 1.16 bits per heavy atom. The van der Waals surface area contributed by atoms with Crippen LogP contribution in [0, 0.1) is 0 Å². The molecular formula is C10H6ClF3N4S. The number of nitrogen functional groups attached to an aromatic ring is 1. The van der Waals surface area contributed by atoms with Gasteiger partial charge in [0.25, 0.3) is 0 Å². The lowest BCUT2D eigenvalue weighted by Gasteiger charge is -2.07. The summed E-state index contributed by atoms with van der Waals surface area (Å²) in [6.07, 6.45) is -2.34. The Balaban J connectivity index is 2.22. The van der Waals surface area contributed by atoms with Crippen LogP contribution in [0.25, 0.3) is 0 Å². The number of nitrogens with zero attached hydrogens (tertiary/aromatic N) is 3. The summed E-state index contributed by atoms with van der Waals surface area (Å²) < 4.78 is 37.1. The van der Waals surface area contributed by atoms with Gasteiger partial charge < -0.3 is 5.73 Å². The smallest absolute Gasteiger partial charge is 0.368 e. The SMILES string of the molecule is Nc1ncc(Cl)c(Sc2ccc(C(F)(F)F)cn2)n1. The molecule has 0 aliphatic heterocycles. The van der Waals surface area contributed by atoms with Crippen molar-refractivity contribution in [2.45, 2.75) is 16.2 Å². The van der Waals surface area contributed by atoms with E-state index in [1.807, 2.05) is 0 Å². The van der Waals surface area contributed by atoms with Crippen LogP contribution < -0.4 is 5.73 Å². The zero-order chi connectivity index (χ0) is 14.0. The number of hydrogen-bond donors (Lipinski definition) is 1. The van der Waals surface area contributed by atoms with Crippen LogP contribution in [0.4, 0.5) is 19.1 Å². The number of hydrogen-bond acceptors (Lipinski definition) is 5. The quantitative estimate of drug-likeness (QED) is 0.863. The minimum absolute atomic E-state index is 0.0267. The van der Waals surface area contributed by atoms with Crippen LogP contribution >= 0.6 is 23.4 Å². The first-order chi connectivity index (χ1) is 8.86. The number of pyridine rings is 1. The summed E-state index contributed by atoms with van der Waals surface area (Å²) >= 11 is 6.85. The summed E-state index contributed by atoms with van der Waals surface area (Å²) in [4.78, 5) is 11.2. The van der Waals surface area contributed by atoms with E-state index in [1.165, 1.54) is 12.3 Å². The van der Waals surface area contributed by atoms with E-state index in [-0.39, 0.29) is 11.0 Å². The van der Waals surface area contributed by atoms with Crippen molar-refractivity contribution in [3.8, 4) is 0 Å². The van der Waals surface area contributed by atoms with Crippen molar-refractivity contribution in [2.75, 3.05) is 5.73 Å². The lowest BCUT2D eigenvalue weighted by molar-refractivity contribution is -0.137. The van der Waals surface area contributed by atoms with Crippen LogP contribution in [0.1, 0.15) is 5.56 Å². The summed E-state index contributed by atoms with van der Waals surface area (Å²) in [7, 11) is 0. The zero-order valence-electron chi connectivity index (χ0n) is 9.15. The first kappa shape index (κ1) is 13.9. The van der Waals surface area contributed by atoms with Crippen molar-refractivity contribution in [3.63, 3.8) is 0 Å². The Bertz CT molecular complexity index is 588. The highest BCUT2D eigenvalue weighted by Crippen LogP contribution is 2.33. The van der Waals surface area contributed by atoms with Crippen LogP contribution in [0.5, 0.6) is 0 Å². The van der Waals surface area contributed by atoms with Gasteiger partial charge in [0.05, 0.1) is 16.8 Å². The normalized spacial score (nSPS) is 11.6. The highest BCUT2D eigenvalue weighted by molar-refractivity contribution is 7.99. The van der Waals surface area contributed by atoms with Gasteiger partial charge in [-0.25, -0.2) is 15.0 Å². The van der Waals surface area contributed by atoms with Crippen molar-refractivity contribution in [1.29, 1.82) is 0 Å². The van der Waals surface area contributed by atoms with Gasteiger partial charge in [0.2, 0.25) is 5.95 Å². The number of anilines is 1. The zero-order valence-corrected chi connectivity index (χ0v) is 10.7. The molecule has 100 valence electrons. The van der Waals surface area contributed by atoms with Gasteiger partial charge in [-0.1, -0.05) is 11.6 Å². The average molecular weight is 307 g/mol.